The van der Waals surface area contributed by atoms with Crippen LogP contribution in [0.2, 0.25) is 0 Å². The number of benzene rings is 1. The van der Waals surface area contributed by atoms with Gasteiger partial charge in [-0.1, -0.05) is 26.0 Å². The molecule has 0 amide bonds. The van der Waals surface area contributed by atoms with Gasteiger partial charge in [0.25, 0.3) is 0 Å². The average molecular weight is 295 g/mol. The van der Waals surface area contributed by atoms with Gasteiger partial charge in [-0.3, -0.25) is 0 Å². The first kappa shape index (κ1) is 18.1. The van der Waals surface area contributed by atoms with E-state index in [9.17, 15) is 4.39 Å². The van der Waals surface area contributed by atoms with Crippen molar-refractivity contribution in [2.45, 2.75) is 59.1 Å². The van der Waals surface area contributed by atoms with Crippen LogP contribution in [-0.2, 0) is 4.74 Å². The zero-order valence-corrected chi connectivity index (χ0v) is 14.1. The Morgan fingerprint density at radius 3 is 2.29 bits per heavy atom. The second-order valence-electron chi connectivity index (χ2n) is 7.08. The van der Waals surface area contributed by atoms with Gasteiger partial charge in [-0.15, -0.1) is 0 Å². The summed E-state index contributed by atoms with van der Waals surface area (Å²) in [4.78, 5) is 0. The van der Waals surface area contributed by atoms with Crippen molar-refractivity contribution in [3.63, 3.8) is 0 Å². The molecule has 0 aliphatic carbocycles. The third kappa shape index (κ3) is 8.18. The first-order chi connectivity index (χ1) is 9.78. The minimum absolute atomic E-state index is 0.0306. The van der Waals surface area contributed by atoms with Crippen LogP contribution in [0.5, 0.6) is 0 Å². The van der Waals surface area contributed by atoms with Crippen LogP contribution in [0.25, 0.3) is 0 Å². The minimum Gasteiger partial charge on any atom is -0.372 e. The Labute approximate surface area is 129 Å². The van der Waals surface area contributed by atoms with E-state index in [0.717, 1.165) is 25.1 Å². The number of halogens is 1. The average Bonchev–Trinajstić information content (AvgIpc) is 2.38. The van der Waals surface area contributed by atoms with E-state index in [4.69, 9.17) is 4.74 Å². The van der Waals surface area contributed by atoms with Crippen molar-refractivity contribution in [1.29, 1.82) is 0 Å². The number of ether oxygens (including phenoxy) is 1. The van der Waals surface area contributed by atoms with Crippen LogP contribution >= 0.6 is 0 Å². The first-order valence-corrected chi connectivity index (χ1v) is 7.90. The highest BCUT2D eigenvalue weighted by atomic mass is 19.1. The molecule has 0 aliphatic rings. The highest BCUT2D eigenvalue weighted by Gasteiger charge is 2.16. The molecule has 0 fully saturated rings. The van der Waals surface area contributed by atoms with Crippen LogP contribution in [0.3, 0.4) is 0 Å². The fraction of sp³-hybridized carbons (Fsp3) is 0.667. The minimum atomic E-state index is -0.207. The Morgan fingerprint density at radius 2 is 1.76 bits per heavy atom. The van der Waals surface area contributed by atoms with Crippen molar-refractivity contribution in [3.8, 4) is 0 Å². The molecule has 0 aromatic heterocycles. The molecule has 1 aromatic carbocycles. The quantitative estimate of drug-likeness (QED) is 0.701. The summed E-state index contributed by atoms with van der Waals surface area (Å²) in [7, 11) is 0. The van der Waals surface area contributed by atoms with Crippen LogP contribution in [0.4, 0.5) is 4.39 Å². The van der Waals surface area contributed by atoms with E-state index in [1.807, 2.05) is 12.1 Å². The fourth-order valence-corrected chi connectivity index (χ4v) is 2.07. The summed E-state index contributed by atoms with van der Waals surface area (Å²) < 4.78 is 19.1. The van der Waals surface area contributed by atoms with Crippen LogP contribution in [0, 0.1) is 11.7 Å². The molecule has 1 rings (SSSR count). The third-order valence-corrected chi connectivity index (χ3v) is 3.30. The maximum absolute atomic E-state index is 13.1. The van der Waals surface area contributed by atoms with Crippen molar-refractivity contribution < 1.29 is 9.13 Å². The van der Waals surface area contributed by atoms with Gasteiger partial charge in [-0.2, -0.15) is 0 Å². The van der Waals surface area contributed by atoms with Crippen LogP contribution in [0.15, 0.2) is 24.3 Å². The lowest BCUT2D eigenvalue weighted by molar-refractivity contribution is 0.0445. The standard InChI is InChI=1S/C18H30FNO/c1-14(2)7-6-12-21-17(13-20-18(3,4)5)15-8-10-16(19)11-9-15/h8-11,14,17,20H,6-7,12-13H2,1-5H3. The van der Waals surface area contributed by atoms with Crippen molar-refractivity contribution >= 4 is 0 Å². The van der Waals surface area contributed by atoms with Gasteiger partial charge in [0.05, 0.1) is 6.10 Å². The molecular formula is C18H30FNO. The van der Waals surface area contributed by atoms with Crippen molar-refractivity contribution in [2.75, 3.05) is 13.2 Å². The molecule has 0 saturated carbocycles. The molecule has 1 N–H and O–H groups in total. The van der Waals surface area contributed by atoms with Crippen LogP contribution < -0.4 is 5.32 Å². The molecule has 0 aliphatic heterocycles. The molecule has 1 aromatic rings. The van der Waals surface area contributed by atoms with Gasteiger partial charge < -0.3 is 10.1 Å². The molecule has 2 nitrogen and oxygen atoms in total. The first-order valence-electron chi connectivity index (χ1n) is 7.90. The Balaban J connectivity index is 2.59. The van der Waals surface area contributed by atoms with Gasteiger partial charge >= 0.3 is 0 Å². The van der Waals surface area contributed by atoms with Crippen molar-refractivity contribution in [3.05, 3.63) is 35.6 Å². The van der Waals surface area contributed by atoms with Crippen LogP contribution in [-0.4, -0.2) is 18.7 Å². The normalized spacial score (nSPS) is 13.7. The highest BCUT2D eigenvalue weighted by molar-refractivity contribution is 5.19. The van der Waals surface area contributed by atoms with Gasteiger partial charge in [0.15, 0.2) is 0 Å². The maximum atomic E-state index is 13.1. The van der Waals surface area contributed by atoms with Crippen LogP contribution in [0.1, 0.15) is 59.1 Å². The second kappa shape index (κ2) is 8.50. The molecule has 0 spiro atoms. The predicted octanol–water partition coefficient (Wildman–Crippen LogP) is 4.71. The second-order valence-corrected chi connectivity index (χ2v) is 7.08. The molecule has 0 bridgehead atoms. The van der Waals surface area contributed by atoms with Gasteiger partial charge in [0.2, 0.25) is 0 Å². The zero-order chi connectivity index (χ0) is 15.9. The lowest BCUT2D eigenvalue weighted by atomic mass is 10.1. The molecular weight excluding hydrogens is 265 g/mol. The van der Waals surface area contributed by atoms with Gasteiger partial charge in [-0.25, -0.2) is 4.39 Å². The van der Waals surface area contributed by atoms with Crippen molar-refractivity contribution in [1.82, 2.24) is 5.32 Å². The number of hydrogen-bond acceptors (Lipinski definition) is 2. The van der Waals surface area contributed by atoms with Gasteiger partial charge in [-0.05, 0) is 57.2 Å². The molecule has 120 valence electrons. The zero-order valence-electron chi connectivity index (χ0n) is 14.1. The summed E-state index contributed by atoms with van der Waals surface area (Å²) in [6.45, 7) is 12.3. The lowest BCUT2D eigenvalue weighted by Crippen LogP contribution is -2.39. The molecule has 0 heterocycles. The van der Waals surface area contributed by atoms with E-state index in [1.54, 1.807) is 0 Å². The SMILES string of the molecule is CC(C)CCCOC(CNC(C)(C)C)c1ccc(F)cc1. The highest BCUT2D eigenvalue weighted by Crippen LogP contribution is 2.19. The molecule has 0 radical (unpaired) electrons. The Morgan fingerprint density at radius 1 is 1.14 bits per heavy atom. The molecule has 0 saturated heterocycles. The van der Waals surface area contributed by atoms with E-state index in [2.05, 4.69) is 39.9 Å². The summed E-state index contributed by atoms with van der Waals surface area (Å²) in [5.74, 6) is 0.492. The summed E-state index contributed by atoms with van der Waals surface area (Å²) >= 11 is 0. The number of rotatable bonds is 8. The predicted molar refractivity (Wildman–Crippen MR) is 86.9 cm³/mol. The van der Waals surface area contributed by atoms with Gasteiger partial charge in [0, 0.05) is 18.7 Å². The third-order valence-electron chi connectivity index (χ3n) is 3.30. The Bertz CT molecular complexity index is 395. The van der Waals surface area contributed by atoms with E-state index >= 15 is 0 Å². The van der Waals surface area contributed by atoms with E-state index in [0.29, 0.717) is 5.92 Å². The van der Waals surface area contributed by atoms with E-state index < -0.39 is 0 Å². The van der Waals surface area contributed by atoms with Gasteiger partial charge in [0.1, 0.15) is 5.82 Å². The molecule has 1 atom stereocenters. The number of nitrogens with one attached hydrogen (secondary N) is 1. The number of hydrogen-bond donors (Lipinski definition) is 1. The van der Waals surface area contributed by atoms with E-state index in [1.165, 1.54) is 18.6 Å². The summed E-state index contributed by atoms with van der Waals surface area (Å²) in [6, 6.07) is 6.62. The Kier molecular flexibility index (Phi) is 7.33. The topological polar surface area (TPSA) is 21.3 Å². The Hall–Kier alpha value is -0.930. The smallest absolute Gasteiger partial charge is 0.123 e. The van der Waals surface area contributed by atoms with Crippen molar-refractivity contribution in [2.24, 2.45) is 5.92 Å². The lowest BCUT2D eigenvalue weighted by Gasteiger charge is -2.26. The summed E-state index contributed by atoms with van der Waals surface area (Å²) in [6.07, 6.45) is 2.20. The molecule has 3 heteroatoms. The largest absolute Gasteiger partial charge is 0.372 e. The fourth-order valence-electron chi connectivity index (χ4n) is 2.07. The molecule has 1 unspecified atom stereocenters. The summed E-state index contributed by atoms with van der Waals surface area (Å²) in [5, 5.41) is 3.47. The monoisotopic (exact) mass is 295 g/mol. The maximum Gasteiger partial charge on any atom is 0.123 e. The summed E-state index contributed by atoms with van der Waals surface area (Å²) in [5.41, 5.74) is 1.07. The van der Waals surface area contributed by atoms with E-state index in [-0.39, 0.29) is 17.5 Å². The molecule has 21 heavy (non-hydrogen) atoms.